The molecule has 2 atom stereocenters. The smallest absolute Gasteiger partial charge is 0.0684 e. The van der Waals surface area contributed by atoms with Crippen molar-refractivity contribution in [3.8, 4) is 0 Å². The molecule has 0 aromatic carbocycles. The van der Waals surface area contributed by atoms with Crippen LogP contribution in [0.3, 0.4) is 0 Å². The molecule has 1 saturated carbocycles. The molecule has 1 aliphatic carbocycles. The summed E-state index contributed by atoms with van der Waals surface area (Å²) < 4.78 is 2.06. The van der Waals surface area contributed by atoms with E-state index in [4.69, 9.17) is 0 Å². The third kappa shape index (κ3) is 4.50. The summed E-state index contributed by atoms with van der Waals surface area (Å²) in [5.74, 6) is 0.820. The molecule has 2 rings (SSSR count). The number of likely N-dealkylation sites (N-methyl/N-ethyl adjacent to an activating group) is 1. The largest absolute Gasteiger partial charge is 0.309 e. The fraction of sp³-hybridized carbons (Fsp3) is 0.688. The Bertz CT molecular complexity index is 479. The van der Waals surface area contributed by atoms with E-state index in [-0.39, 0.29) is 0 Å². The first kappa shape index (κ1) is 17.4. The van der Waals surface area contributed by atoms with E-state index >= 15 is 0 Å². The zero-order chi connectivity index (χ0) is 15.5. The van der Waals surface area contributed by atoms with Gasteiger partial charge >= 0.3 is 0 Å². The maximum atomic E-state index is 4.47. The number of nitrogens with zero attached hydrogens (tertiary/aromatic N) is 2. The summed E-state index contributed by atoms with van der Waals surface area (Å²) in [6.45, 7) is 4.20. The molecule has 21 heavy (non-hydrogen) atoms. The van der Waals surface area contributed by atoms with Crippen LogP contribution >= 0.6 is 31.9 Å². The minimum atomic E-state index is 0.291. The van der Waals surface area contributed by atoms with Crippen molar-refractivity contribution in [2.45, 2.75) is 44.7 Å². The van der Waals surface area contributed by atoms with E-state index in [1.54, 1.807) is 0 Å². The van der Waals surface area contributed by atoms with Gasteiger partial charge in [-0.05, 0) is 70.8 Å². The van der Waals surface area contributed by atoms with Crippen molar-refractivity contribution in [1.29, 1.82) is 0 Å². The Morgan fingerprint density at radius 1 is 1.43 bits per heavy atom. The van der Waals surface area contributed by atoms with Gasteiger partial charge in [0.15, 0.2) is 0 Å². The van der Waals surface area contributed by atoms with Gasteiger partial charge in [-0.2, -0.15) is 0 Å². The summed E-state index contributed by atoms with van der Waals surface area (Å²) in [5, 5.41) is 3.62. The molecule has 0 saturated heterocycles. The van der Waals surface area contributed by atoms with Crippen LogP contribution < -0.4 is 5.32 Å². The van der Waals surface area contributed by atoms with Crippen molar-refractivity contribution in [1.82, 2.24) is 15.2 Å². The molecule has 1 heterocycles. The van der Waals surface area contributed by atoms with Crippen LogP contribution in [-0.2, 0) is 6.54 Å². The van der Waals surface area contributed by atoms with Gasteiger partial charge in [-0.25, -0.2) is 0 Å². The molecule has 3 nitrogen and oxygen atoms in total. The second-order valence-electron chi connectivity index (χ2n) is 6.51. The third-order valence-corrected chi connectivity index (χ3v) is 5.77. The second-order valence-corrected chi connectivity index (χ2v) is 8.28. The number of hydrogen-bond acceptors (Lipinski definition) is 3. The lowest BCUT2D eigenvalue weighted by Crippen LogP contribution is -2.54. The molecule has 1 fully saturated rings. The predicted octanol–water partition coefficient (Wildman–Crippen LogP) is 4.21. The summed E-state index contributed by atoms with van der Waals surface area (Å²) >= 11 is 7.02. The first-order chi connectivity index (χ1) is 9.93. The molecule has 0 spiro atoms. The molecule has 0 radical (unpaired) electrons. The van der Waals surface area contributed by atoms with Crippen molar-refractivity contribution in [3.05, 3.63) is 26.9 Å². The highest BCUT2D eigenvalue weighted by atomic mass is 79.9. The van der Waals surface area contributed by atoms with Crippen LogP contribution in [0.5, 0.6) is 0 Å². The van der Waals surface area contributed by atoms with Gasteiger partial charge in [-0.3, -0.25) is 4.98 Å². The van der Waals surface area contributed by atoms with E-state index in [1.807, 2.05) is 6.20 Å². The lowest BCUT2D eigenvalue weighted by Gasteiger charge is -2.45. The van der Waals surface area contributed by atoms with Crippen LogP contribution in [-0.4, -0.2) is 36.1 Å². The molecular weight excluding hydrogens is 394 g/mol. The van der Waals surface area contributed by atoms with Gasteiger partial charge < -0.3 is 10.2 Å². The predicted molar refractivity (Wildman–Crippen MR) is 95.4 cm³/mol. The second kappa shape index (κ2) is 7.53. The maximum Gasteiger partial charge on any atom is 0.0684 e. The van der Waals surface area contributed by atoms with Crippen molar-refractivity contribution in [3.63, 3.8) is 0 Å². The zero-order valence-electron chi connectivity index (χ0n) is 13.1. The summed E-state index contributed by atoms with van der Waals surface area (Å²) in [5.41, 5.74) is 1.36. The van der Waals surface area contributed by atoms with Crippen LogP contribution in [0.25, 0.3) is 0 Å². The fourth-order valence-corrected chi connectivity index (χ4v) is 4.47. The Balaban J connectivity index is 1.96. The lowest BCUT2D eigenvalue weighted by atomic mass is 9.75. The van der Waals surface area contributed by atoms with E-state index in [0.29, 0.717) is 5.54 Å². The highest BCUT2D eigenvalue weighted by Crippen LogP contribution is 2.35. The monoisotopic (exact) mass is 417 g/mol. The normalized spacial score (nSPS) is 26.3. The van der Waals surface area contributed by atoms with Crippen LogP contribution in [0.4, 0.5) is 0 Å². The molecule has 1 aliphatic rings. The van der Waals surface area contributed by atoms with Gasteiger partial charge in [0.05, 0.1) is 5.69 Å². The molecular formula is C16H25Br2N3. The lowest BCUT2D eigenvalue weighted by molar-refractivity contribution is 0.0748. The standard InChI is InChI=1S/C16H25Br2N3/c1-12-5-4-6-16(8-12,21(2)3)11-19-10-15-14(18)7-13(17)9-20-15/h7,9,12,19H,4-6,8,10-11H2,1-3H3. The number of rotatable bonds is 5. The highest BCUT2D eigenvalue weighted by molar-refractivity contribution is 9.11. The first-order valence-corrected chi connectivity index (χ1v) is 9.19. The molecule has 1 aromatic heterocycles. The Labute approximate surface area is 145 Å². The van der Waals surface area contributed by atoms with E-state index < -0.39 is 0 Å². The van der Waals surface area contributed by atoms with Crippen molar-refractivity contribution in [2.75, 3.05) is 20.6 Å². The molecule has 0 aliphatic heterocycles. The van der Waals surface area contributed by atoms with E-state index in [1.165, 1.54) is 25.7 Å². The van der Waals surface area contributed by atoms with Gasteiger partial charge in [0.1, 0.15) is 0 Å². The first-order valence-electron chi connectivity index (χ1n) is 7.61. The number of pyridine rings is 1. The van der Waals surface area contributed by atoms with Gasteiger partial charge in [0.2, 0.25) is 0 Å². The minimum absolute atomic E-state index is 0.291. The number of halogens is 2. The fourth-order valence-electron chi connectivity index (χ4n) is 3.34. The maximum absolute atomic E-state index is 4.47. The Morgan fingerprint density at radius 2 is 2.19 bits per heavy atom. The molecule has 0 bridgehead atoms. The van der Waals surface area contributed by atoms with Crippen LogP contribution in [0.15, 0.2) is 21.2 Å². The molecule has 5 heteroatoms. The highest BCUT2D eigenvalue weighted by Gasteiger charge is 2.36. The topological polar surface area (TPSA) is 28.2 Å². The van der Waals surface area contributed by atoms with Gasteiger partial charge in [-0.1, -0.05) is 19.8 Å². The van der Waals surface area contributed by atoms with Crippen molar-refractivity contribution >= 4 is 31.9 Å². The molecule has 1 aromatic rings. The van der Waals surface area contributed by atoms with Crippen LogP contribution in [0.2, 0.25) is 0 Å². The number of nitrogens with one attached hydrogen (secondary N) is 1. The van der Waals surface area contributed by atoms with Gasteiger partial charge in [-0.15, -0.1) is 0 Å². The average Bonchev–Trinajstić information content (AvgIpc) is 2.41. The zero-order valence-corrected chi connectivity index (χ0v) is 16.3. The summed E-state index contributed by atoms with van der Waals surface area (Å²) in [6, 6.07) is 2.05. The van der Waals surface area contributed by atoms with Crippen LogP contribution in [0.1, 0.15) is 38.3 Å². The Kier molecular flexibility index (Phi) is 6.24. The van der Waals surface area contributed by atoms with E-state index in [0.717, 1.165) is 33.6 Å². The minimum Gasteiger partial charge on any atom is -0.309 e. The van der Waals surface area contributed by atoms with E-state index in [9.17, 15) is 0 Å². The van der Waals surface area contributed by atoms with Crippen LogP contribution in [0, 0.1) is 5.92 Å². The number of aromatic nitrogens is 1. The molecule has 0 amide bonds. The average molecular weight is 419 g/mol. The van der Waals surface area contributed by atoms with Gasteiger partial charge in [0, 0.05) is 33.8 Å². The SMILES string of the molecule is CC1CCCC(CNCc2ncc(Br)cc2Br)(N(C)C)C1. The summed E-state index contributed by atoms with van der Waals surface area (Å²) in [7, 11) is 4.43. The Hall–Kier alpha value is 0.0300. The van der Waals surface area contributed by atoms with Crippen molar-refractivity contribution in [2.24, 2.45) is 5.92 Å². The Morgan fingerprint density at radius 3 is 2.81 bits per heavy atom. The third-order valence-electron chi connectivity index (χ3n) is 4.65. The summed E-state index contributed by atoms with van der Waals surface area (Å²) in [6.07, 6.45) is 7.12. The van der Waals surface area contributed by atoms with Crippen molar-refractivity contribution < 1.29 is 0 Å². The molecule has 1 N–H and O–H groups in total. The molecule has 118 valence electrons. The van der Waals surface area contributed by atoms with Gasteiger partial charge in [0.25, 0.3) is 0 Å². The van der Waals surface area contributed by atoms with E-state index in [2.05, 4.69) is 74.1 Å². The number of hydrogen-bond donors (Lipinski definition) is 1. The molecule has 2 unspecified atom stereocenters. The summed E-state index contributed by atoms with van der Waals surface area (Å²) in [4.78, 5) is 6.89. The quantitative estimate of drug-likeness (QED) is 0.776.